The van der Waals surface area contributed by atoms with Crippen LogP contribution in [0.1, 0.15) is 21.5 Å². The van der Waals surface area contributed by atoms with Crippen LogP contribution in [0.15, 0.2) is 64.2 Å². The highest BCUT2D eigenvalue weighted by atomic mass is 35.5. The molecule has 3 N–H and O–H groups in total. The molecule has 2 amide bonds. The first kappa shape index (κ1) is 22.3. The highest BCUT2D eigenvalue weighted by molar-refractivity contribution is 6.30. The summed E-state index contributed by atoms with van der Waals surface area (Å²) in [6.45, 7) is -0.238. The molecule has 1 aliphatic rings. The van der Waals surface area contributed by atoms with Crippen LogP contribution < -0.4 is 21.9 Å². The van der Waals surface area contributed by atoms with Crippen LogP contribution in [-0.4, -0.2) is 27.5 Å². The summed E-state index contributed by atoms with van der Waals surface area (Å²) in [7, 11) is 0. The van der Waals surface area contributed by atoms with E-state index in [2.05, 4.69) is 0 Å². The third-order valence-corrected chi connectivity index (χ3v) is 5.42. The second-order valence-electron chi connectivity index (χ2n) is 7.22. The Morgan fingerprint density at radius 2 is 1.67 bits per heavy atom. The summed E-state index contributed by atoms with van der Waals surface area (Å²) < 4.78 is 44.0. The summed E-state index contributed by atoms with van der Waals surface area (Å²) in [4.78, 5) is 52.2. The van der Waals surface area contributed by atoms with Crippen LogP contribution in [0, 0.1) is 0 Å². The van der Waals surface area contributed by atoms with Gasteiger partial charge in [0.1, 0.15) is 11.4 Å². The number of nitrogens with zero attached hydrogens (tertiary/aromatic N) is 1. The molecule has 12 heteroatoms. The highest BCUT2D eigenvalue weighted by Crippen LogP contribution is 2.45. The minimum Gasteiger partial charge on any atom is -0.326 e. The predicted molar refractivity (Wildman–Crippen MR) is 112 cm³/mol. The van der Waals surface area contributed by atoms with Crippen molar-refractivity contribution in [1.29, 1.82) is 0 Å². The molecular formula is C21H14ClF3N4O4. The molecule has 0 saturated heterocycles. The molecule has 2 heterocycles. The third kappa shape index (κ3) is 3.69. The van der Waals surface area contributed by atoms with Gasteiger partial charge in [-0.05, 0) is 29.8 Å². The number of fused-ring (bicyclic) bond motifs is 1. The fraction of sp³-hybridized carbons (Fsp3) is 0.143. The zero-order chi connectivity index (χ0) is 24.0. The molecule has 0 fully saturated rings. The Kier molecular flexibility index (Phi) is 5.36. The molecule has 0 unspecified atom stereocenters. The van der Waals surface area contributed by atoms with Crippen molar-refractivity contribution in [2.75, 3.05) is 5.32 Å². The van der Waals surface area contributed by atoms with Crippen molar-refractivity contribution >= 4 is 29.2 Å². The molecule has 0 spiro atoms. The van der Waals surface area contributed by atoms with E-state index in [-0.39, 0.29) is 17.1 Å². The van der Waals surface area contributed by atoms with E-state index in [0.29, 0.717) is 5.56 Å². The van der Waals surface area contributed by atoms with Crippen molar-refractivity contribution in [2.45, 2.75) is 18.3 Å². The minimum atomic E-state index is -5.42. The Labute approximate surface area is 188 Å². The summed E-state index contributed by atoms with van der Waals surface area (Å²) in [5, 5.41) is 3.89. The Bertz CT molecular complexity index is 1370. The van der Waals surface area contributed by atoms with Gasteiger partial charge in [0.2, 0.25) is 0 Å². The lowest BCUT2D eigenvalue weighted by Crippen LogP contribution is -2.62. The van der Waals surface area contributed by atoms with E-state index in [0.717, 1.165) is 16.7 Å². The van der Waals surface area contributed by atoms with Crippen LogP contribution in [0.4, 0.5) is 19.0 Å². The monoisotopic (exact) mass is 478 g/mol. The Hall–Kier alpha value is -3.86. The van der Waals surface area contributed by atoms with Crippen molar-refractivity contribution in [2.24, 2.45) is 0 Å². The number of benzene rings is 2. The van der Waals surface area contributed by atoms with Gasteiger partial charge < -0.3 is 10.6 Å². The second kappa shape index (κ2) is 7.93. The molecule has 0 aliphatic carbocycles. The molecule has 8 nitrogen and oxygen atoms in total. The highest BCUT2D eigenvalue weighted by Gasteiger charge is 2.68. The average Bonchev–Trinajstić information content (AvgIpc) is 3.05. The van der Waals surface area contributed by atoms with Crippen molar-refractivity contribution in [3.8, 4) is 0 Å². The maximum atomic E-state index is 14.4. The molecule has 1 aromatic heterocycles. The van der Waals surface area contributed by atoms with Crippen LogP contribution >= 0.6 is 11.6 Å². The summed E-state index contributed by atoms with van der Waals surface area (Å²) in [6.07, 6.45) is -5.42. The molecule has 0 radical (unpaired) electrons. The van der Waals surface area contributed by atoms with Crippen LogP contribution in [0.5, 0.6) is 0 Å². The van der Waals surface area contributed by atoms with Gasteiger partial charge in [-0.1, -0.05) is 41.9 Å². The van der Waals surface area contributed by atoms with E-state index in [1.165, 1.54) is 12.1 Å². The predicted octanol–water partition coefficient (Wildman–Crippen LogP) is 2.38. The summed E-state index contributed by atoms with van der Waals surface area (Å²) in [5.74, 6) is -3.64. The zero-order valence-electron chi connectivity index (χ0n) is 16.5. The molecule has 1 aliphatic heterocycles. The van der Waals surface area contributed by atoms with Crippen LogP contribution in [0.2, 0.25) is 5.02 Å². The maximum Gasteiger partial charge on any atom is 0.425 e. The molecule has 3 aromatic rings. The molecule has 0 saturated carbocycles. The first-order valence-corrected chi connectivity index (χ1v) is 9.80. The fourth-order valence-electron chi connectivity index (χ4n) is 3.59. The molecular weight excluding hydrogens is 465 g/mol. The number of carbonyl (C=O) groups excluding carboxylic acids is 2. The normalized spacial score (nSPS) is 17.4. The van der Waals surface area contributed by atoms with Gasteiger partial charge in [-0.3, -0.25) is 23.9 Å². The van der Waals surface area contributed by atoms with E-state index in [9.17, 15) is 32.3 Å². The first-order chi connectivity index (χ1) is 15.5. The number of aromatic nitrogens is 2. The Balaban J connectivity index is 1.89. The maximum absolute atomic E-state index is 14.4. The van der Waals surface area contributed by atoms with Crippen LogP contribution in [0.3, 0.4) is 0 Å². The third-order valence-electron chi connectivity index (χ3n) is 5.16. The number of rotatable bonds is 4. The van der Waals surface area contributed by atoms with E-state index in [4.69, 9.17) is 11.6 Å². The summed E-state index contributed by atoms with van der Waals surface area (Å²) in [6, 6.07) is 13.1. The van der Waals surface area contributed by atoms with Gasteiger partial charge >= 0.3 is 11.9 Å². The lowest BCUT2D eigenvalue weighted by Gasteiger charge is -2.30. The van der Waals surface area contributed by atoms with Gasteiger partial charge in [0.05, 0.1) is 6.54 Å². The molecule has 33 heavy (non-hydrogen) atoms. The van der Waals surface area contributed by atoms with E-state index in [1.807, 2.05) is 10.3 Å². The minimum absolute atomic E-state index is 0.224. The Morgan fingerprint density at radius 3 is 2.27 bits per heavy atom. The number of anilines is 1. The lowest BCUT2D eigenvalue weighted by atomic mass is 9.91. The average molecular weight is 479 g/mol. The van der Waals surface area contributed by atoms with Crippen molar-refractivity contribution in [3.05, 3.63) is 97.1 Å². The molecule has 0 bridgehead atoms. The fourth-order valence-corrected chi connectivity index (χ4v) is 3.71. The molecule has 1 atom stereocenters. The quantitative estimate of drug-likeness (QED) is 0.534. The zero-order valence-corrected chi connectivity index (χ0v) is 17.3. The number of hydrogen-bond donors (Lipinski definition) is 3. The van der Waals surface area contributed by atoms with Gasteiger partial charge in [-0.25, -0.2) is 4.79 Å². The SMILES string of the molecule is O=C(N[C@]1(C(F)(F)F)C(=O)Nc2c1c(=O)[nH]c(=O)n2Cc1ccccc1)c1ccc(Cl)cc1. The molecule has 2 aromatic carbocycles. The number of aromatic amines is 1. The number of hydrogen-bond acceptors (Lipinski definition) is 4. The standard InChI is InChI=1S/C21H14ClF3N4O4/c22-13-8-6-12(7-9-13)16(30)28-20(21(23,24)25)14-15(26-18(20)32)29(19(33)27-17(14)31)10-11-4-2-1-3-5-11/h1-9H,10H2,(H,26,32)(H,28,30)(H,27,31,33)/t20-/m0/s1. The lowest BCUT2D eigenvalue weighted by molar-refractivity contribution is -0.196. The number of amides is 2. The van der Waals surface area contributed by atoms with Crippen molar-refractivity contribution in [3.63, 3.8) is 0 Å². The van der Waals surface area contributed by atoms with Gasteiger partial charge in [-0.2, -0.15) is 13.2 Å². The summed E-state index contributed by atoms with van der Waals surface area (Å²) in [5.41, 5.74) is -7.02. The number of halogens is 4. The first-order valence-electron chi connectivity index (χ1n) is 9.42. The second-order valence-corrected chi connectivity index (χ2v) is 7.65. The van der Waals surface area contributed by atoms with E-state index in [1.54, 1.807) is 35.6 Å². The van der Waals surface area contributed by atoms with Crippen molar-refractivity contribution < 1.29 is 22.8 Å². The van der Waals surface area contributed by atoms with Crippen molar-refractivity contribution in [1.82, 2.24) is 14.9 Å². The largest absolute Gasteiger partial charge is 0.425 e. The summed E-state index contributed by atoms with van der Waals surface area (Å²) >= 11 is 5.74. The topological polar surface area (TPSA) is 113 Å². The van der Waals surface area contributed by atoms with E-state index >= 15 is 0 Å². The smallest absolute Gasteiger partial charge is 0.326 e. The van der Waals surface area contributed by atoms with Gasteiger partial charge in [0.25, 0.3) is 22.9 Å². The Morgan fingerprint density at radius 1 is 1.03 bits per heavy atom. The van der Waals surface area contributed by atoms with Crippen LogP contribution in [-0.2, 0) is 16.9 Å². The molecule has 170 valence electrons. The number of carbonyl (C=O) groups is 2. The molecule has 4 rings (SSSR count). The van der Waals surface area contributed by atoms with E-state index < -0.39 is 46.2 Å². The van der Waals surface area contributed by atoms with Gasteiger partial charge in [0.15, 0.2) is 0 Å². The van der Waals surface area contributed by atoms with Gasteiger partial charge in [0, 0.05) is 10.6 Å². The van der Waals surface area contributed by atoms with Crippen LogP contribution in [0.25, 0.3) is 0 Å². The number of nitrogens with one attached hydrogen (secondary N) is 3. The van der Waals surface area contributed by atoms with Gasteiger partial charge in [-0.15, -0.1) is 0 Å². The number of alkyl halides is 3. The number of H-pyrrole nitrogens is 1.